The van der Waals surface area contributed by atoms with Crippen molar-refractivity contribution in [3.8, 4) is 0 Å². The highest BCUT2D eigenvalue weighted by atomic mass is 16.2. The highest BCUT2D eigenvalue weighted by Gasteiger charge is 2.38. The number of carbonyl (C=O) groups excluding carboxylic acids is 1. The van der Waals surface area contributed by atoms with Crippen molar-refractivity contribution in [2.45, 2.75) is 38.1 Å². The normalized spacial score (nSPS) is 27.8. The van der Waals surface area contributed by atoms with Gasteiger partial charge in [0.15, 0.2) is 0 Å². The zero-order valence-electron chi connectivity index (χ0n) is 10.7. The maximum absolute atomic E-state index is 12.2. The highest BCUT2D eigenvalue weighted by Crippen LogP contribution is 2.33. The Hall–Kier alpha value is -1.49. The summed E-state index contributed by atoms with van der Waals surface area (Å²) in [5.74, 6) is 0.221. The predicted molar refractivity (Wildman–Crippen MR) is 68.9 cm³/mol. The molecule has 1 aliphatic carbocycles. The van der Waals surface area contributed by atoms with Gasteiger partial charge < -0.3 is 11.1 Å². The first-order valence-electron chi connectivity index (χ1n) is 6.46. The molecule has 1 heterocycles. The Bertz CT molecular complexity index is 409. The van der Waals surface area contributed by atoms with Gasteiger partial charge >= 0.3 is 0 Å². The second kappa shape index (κ2) is 5.44. The molecular formula is C13H20N4O. The van der Waals surface area contributed by atoms with Gasteiger partial charge in [-0.25, -0.2) is 4.98 Å². The van der Waals surface area contributed by atoms with Crippen LogP contribution >= 0.6 is 0 Å². The van der Waals surface area contributed by atoms with Crippen molar-refractivity contribution in [3.63, 3.8) is 0 Å². The fourth-order valence-electron chi connectivity index (χ4n) is 2.66. The zero-order valence-corrected chi connectivity index (χ0v) is 10.7. The van der Waals surface area contributed by atoms with Crippen LogP contribution in [-0.2, 0) is 0 Å². The van der Waals surface area contributed by atoms with Gasteiger partial charge in [-0.05, 0) is 18.8 Å². The molecule has 1 aliphatic rings. The molecule has 3 N–H and O–H groups in total. The molecule has 0 radical (unpaired) electrons. The van der Waals surface area contributed by atoms with E-state index in [1.165, 1.54) is 18.8 Å². The molecule has 2 unspecified atom stereocenters. The maximum Gasteiger partial charge on any atom is 0.271 e. The van der Waals surface area contributed by atoms with Crippen LogP contribution in [0.3, 0.4) is 0 Å². The van der Waals surface area contributed by atoms with Crippen LogP contribution in [0.15, 0.2) is 18.6 Å². The molecule has 0 aromatic carbocycles. The van der Waals surface area contributed by atoms with E-state index >= 15 is 0 Å². The van der Waals surface area contributed by atoms with Crippen molar-refractivity contribution in [2.24, 2.45) is 11.7 Å². The van der Waals surface area contributed by atoms with E-state index in [0.29, 0.717) is 18.2 Å². The molecular weight excluding hydrogens is 228 g/mol. The van der Waals surface area contributed by atoms with E-state index in [0.717, 1.165) is 19.3 Å². The molecule has 1 saturated carbocycles. The van der Waals surface area contributed by atoms with Crippen LogP contribution in [0.2, 0.25) is 0 Å². The third kappa shape index (κ3) is 2.51. The van der Waals surface area contributed by atoms with Crippen molar-refractivity contribution >= 4 is 5.91 Å². The topological polar surface area (TPSA) is 80.9 Å². The van der Waals surface area contributed by atoms with E-state index in [1.807, 2.05) is 0 Å². The summed E-state index contributed by atoms with van der Waals surface area (Å²) in [6, 6.07) is 0. The van der Waals surface area contributed by atoms with E-state index in [1.54, 1.807) is 6.20 Å². The Labute approximate surface area is 107 Å². The third-order valence-corrected chi connectivity index (χ3v) is 3.98. The quantitative estimate of drug-likeness (QED) is 0.839. The van der Waals surface area contributed by atoms with Crippen LogP contribution in [0.4, 0.5) is 0 Å². The van der Waals surface area contributed by atoms with E-state index in [2.05, 4.69) is 22.2 Å². The van der Waals surface area contributed by atoms with Gasteiger partial charge in [-0.3, -0.25) is 9.78 Å². The van der Waals surface area contributed by atoms with Gasteiger partial charge in [0, 0.05) is 18.9 Å². The maximum atomic E-state index is 12.2. The summed E-state index contributed by atoms with van der Waals surface area (Å²) in [6.45, 7) is 2.63. The van der Waals surface area contributed by atoms with E-state index in [9.17, 15) is 4.79 Å². The molecule has 5 heteroatoms. The van der Waals surface area contributed by atoms with Crippen LogP contribution < -0.4 is 11.1 Å². The molecule has 1 fully saturated rings. The molecule has 1 amide bonds. The van der Waals surface area contributed by atoms with Crippen molar-refractivity contribution in [2.75, 3.05) is 6.54 Å². The Balaban J connectivity index is 2.13. The zero-order chi connectivity index (χ0) is 13.0. The first-order chi connectivity index (χ1) is 8.68. The number of amides is 1. The summed E-state index contributed by atoms with van der Waals surface area (Å²) in [5.41, 5.74) is 5.97. The molecule has 2 atom stereocenters. The average molecular weight is 248 g/mol. The lowest BCUT2D eigenvalue weighted by Crippen LogP contribution is -2.59. The lowest BCUT2D eigenvalue weighted by atomic mass is 9.73. The minimum Gasteiger partial charge on any atom is -0.344 e. The monoisotopic (exact) mass is 248 g/mol. The molecule has 0 spiro atoms. The summed E-state index contributed by atoms with van der Waals surface area (Å²) in [4.78, 5) is 20.1. The number of aromatic nitrogens is 2. The molecule has 2 rings (SSSR count). The summed E-state index contributed by atoms with van der Waals surface area (Å²) in [5, 5.41) is 3.08. The largest absolute Gasteiger partial charge is 0.344 e. The SMILES string of the molecule is CC1CCCCC1(CN)NC(=O)c1cnccn1. The lowest BCUT2D eigenvalue weighted by molar-refractivity contribution is 0.0807. The Morgan fingerprint density at radius 2 is 2.39 bits per heavy atom. The highest BCUT2D eigenvalue weighted by molar-refractivity contribution is 5.92. The lowest BCUT2D eigenvalue weighted by Gasteiger charge is -2.42. The van der Waals surface area contributed by atoms with Crippen LogP contribution in [0.1, 0.15) is 43.1 Å². The van der Waals surface area contributed by atoms with E-state index in [-0.39, 0.29) is 11.4 Å². The molecule has 5 nitrogen and oxygen atoms in total. The molecule has 1 aromatic rings. The minimum absolute atomic E-state index is 0.178. The van der Waals surface area contributed by atoms with Gasteiger partial charge in [0.05, 0.1) is 11.7 Å². The summed E-state index contributed by atoms with van der Waals surface area (Å²) in [7, 11) is 0. The Kier molecular flexibility index (Phi) is 3.91. The second-order valence-corrected chi connectivity index (χ2v) is 5.05. The fraction of sp³-hybridized carbons (Fsp3) is 0.615. The van der Waals surface area contributed by atoms with Crippen molar-refractivity contribution < 1.29 is 4.79 Å². The Morgan fingerprint density at radius 3 is 3.00 bits per heavy atom. The summed E-state index contributed by atoms with van der Waals surface area (Å²) >= 11 is 0. The van der Waals surface area contributed by atoms with Gasteiger partial charge in [-0.15, -0.1) is 0 Å². The second-order valence-electron chi connectivity index (χ2n) is 5.05. The van der Waals surface area contributed by atoms with Gasteiger partial charge in [-0.2, -0.15) is 0 Å². The fourth-order valence-corrected chi connectivity index (χ4v) is 2.66. The molecule has 0 saturated heterocycles. The van der Waals surface area contributed by atoms with Crippen molar-refractivity contribution in [1.29, 1.82) is 0 Å². The Morgan fingerprint density at radius 1 is 1.56 bits per heavy atom. The average Bonchev–Trinajstić information content (AvgIpc) is 2.42. The number of rotatable bonds is 3. The minimum atomic E-state index is -0.285. The number of hydrogen-bond acceptors (Lipinski definition) is 4. The third-order valence-electron chi connectivity index (χ3n) is 3.98. The number of nitrogens with one attached hydrogen (secondary N) is 1. The molecule has 18 heavy (non-hydrogen) atoms. The van der Waals surface area contributed by atoms with Crippen LogP contribution in [-0.4, -0.2) is 28.0 Å². The van der Waals surface area contributed by atoms with Crippen LogP contribution in [0.25, 0.3) is 0 Å². The molecule has 0 aliphatic heterocycles. The van der Waals surface area contributed by atoms with Crippen molar-refractivity contribution in [3.05, 3.63) is 24.3 Å². The number of carbonyl (C=O) groups is 1. The van der Waals surface area contributed by atoms with Gasteiger partial charge in [-0.1, -0.05) is 19.8 Å². The van der Waals surface area contributed by atoms with Crippen molar-refractivity contribution in [1.82, 2.24) is 15.3 Å². The first-order valence-corrected chi connectivity index (χ1v) is 6.46. The standard InChI is InChI=1S/C13H20N4O/c1-10-4-2-3-5-13(10,9-14)17-12(18)11-8-15-6-7-16-11/h6-8,10H,2-5,9,14H2,1H3,(H,17,18). The molecule has 98 valence electrons. The molecule has 0 bridgehead atoms. The number of nitrogens with zero attached hydrogens (tertiary/aromatic N) is 2. The van der Waals surface area contributed by atoms with E-state index < -0.39 is 0 Å². The summed E-state index contributed by atoms with van der Waals surface area (Å²) in [6.07, 6.45) is 8.93. The van der Waals surface area contributed by atoms with E-state index in [4.69, 9.17) is 5.73 Å². The van der Waals surface area contributed by atoms with Gasteiger partial charge in [0.25, 0.3) is 5.91 Å². The van der Waals surface area contributed by atoms with Crippen LogP contribution in [0.5, 0.6) is 0 Å². The smallest absolute Gasteiger partial charge is 0.271 e. The summed E-state index contributed by atoms with van der Waals surface area (Å²) < 4.78 is 0. The number of nitrogens with two attached hydrogens (primary N) is 1. The molecule has 1 aromatic heterocycles. The predicted octanol–water partition coefficient (Wildman–Crippen LogP) is 1.11. The number of hydrogen-bond donors (Lipinski definition) is 2. The van der Waals surface area contributed by atoms with Gasteiger partial charge in [0.2, 0.25) is 0 Å². The van der Waals surface area contributed by atoms with Crippen LogP contribution in [0, 0.1) is 5.92 Å². The first kappa shape index (κ1) is 13.0. The van der Waals surface area contributed by atoms with Gasteiger partial charge in [0.1, 0.15) is 5.69 Å².